The minimum absolute atomic E-state index is 0.0715. The second-order valence-corrected chi connectivity index (χ2v) is 5.90. The molecule has 0 bridgehead atoms. The Morgan fingerprint density at radius 1 is 1.13 bits per heavy atom. The summed E-state index contributed by atoms with van der Waals surface area (Å²) in [5, 5.41) is 5.58. The molecule has 2 rings (SSSR count). The summed E-state index contributed by atoms with van der Waals surface area (Å²) >= 11 is 0. The van der Waals surface area contributed by atoms with Crippen LogP contribution in [0.3, 0.4) is 0 Å². The van der Waals surface area contributed by atoms with Crippen molar-refractivity contribution in [3.63, 3.8) is 0 Å². The molecule has 1 fully saturated rings. The maximum absolute atomic E-state index is 12.1. The van der Waals surface area contributed by atoms with Crippen LogP contribution < -0.4 is 10.6 Å². The van der Waals surface area contributed by atoms with Crippen molar-refractivity contribution in [2.24, 2.45) is 11.8 Å². The summed E-state index contributed by atoms with van der Waals surface area (Å²) in [6.07, 6.45) is 0.575. The Hall–Kier alpha value is -2.37. The van der Waals surface area contributed by atoms with E-state index in [-0.39, 0.29) is 29.7 Å². The number of amides is 2. The van der Waals surface area contributed by atoms with Gasteiger partial charge in [-0.3, -0.25) is 9.59 Å². The van der Waals surface area contributed by atoms with Gasteiger partial charge in [0.15, 0.2) is 0 Å². The van der Waals surface area contributed by atoms with Crippen LogP contribution in [0.15, 0.2) is 24.3 Å². The van der Waals surface area contributed by atoms with Crippen LogP contribution in [0.4, 0.5) is 5.69 Å². The fourth-order valence-corrected chi connectivity index (χ4v) is 2.31. The number of esters is 1. The molecule has 0 radical (unpaired) electrons. The number of anilines is 1. The smallest absolute Gasteiger partial charge is 0.338 e. The molecule has 1 aromatic rings. The predicted molar refractivity (Wildman–Crippen MR) is 85.9 cm³/mol. The number of carbonyl (C=O) groups is 3. The van der Waals surface area contributed by atoms with Crippen molar-refractivity contribution in [1.29, 1.82) is 0 Å². The molecule has 23 heavy (non-hydrogen) atoms. The van der Waals surface area contributed by atoms with Crippen molar-refractivity contribution in [3.05, 3.63) is 29.8 Å². The van der Waals surface area contributed by atoms with E-state index in [0.717, 1.165) is 0 Å². The maximum Gasteiger partial charge on any atom is 0.338 e. The van der Waals surface area contributed by atoms with Gasteiger partial charge in [-0.1, -0.05) is 0 Å². The Morgan fingerprint density at radius 2 is 1.74 bits per heavy atom. The maximum atomic E-state index is 12.1. The van der Waals surface area contributed by atoms with Crippen molar-refractivity contribution >= 4 is 23.5 Å². The van der Waals surface area contributed by atoms with Crippen LogP contribution in [0.25, 0.3) is 0 Å². The average molecular weight is 318 g/mol. The van der Waals surface area contributed by atoms with Gasteiger partial charge in [-0.25, -0.2) is 4.79 Å². The van der Waals surface area contributed by atoms with E-state index in [0.29, 0.717) is 24.3 Å². The Balaban J connectivity index is 1.87. The zero-order valence-corrected chi connectivity index (χ0v) is 13.6. The second-order valence-electron chi connectivity index (χ2n) is 5.90. The number of ether oxygens (including phenoxy) is 1. The predicted octanol–water partition coefficient (Wildman–Crippen LogP) is 1.96. The van der Waals surface area contributed by atoms with Gasteiger partial charge >= 0.3 is 5.97 Å². The third kappa shape index (κ3) is 4.55. The Morgan fingerprint density at radius 3 is 2.30 bits per heavy atom. The van der Waals surface area contributed by atoms with Gasteiger partial charge in [0.25, 0.3) is 0 Å². The van der Waals surface area contributed by atoms with Gasteiger partial charge in [-0.2, -0.15) is 0 Å². The van der Waals surface area contributed by atoms with Crippen LogP contribution in [-0.2, 0) is 14.3 Å². The lowest BCUT2D eigenvalue weighted by Gasteiger charge is -2.08. The lowest BCUT2D eigenvalue weighted by molar-refractivity contribution is -0.125. The van der Waals surface area contributed by atoms with Gasteiger partial charge < -0.3 is 15.4 Å². The third-order valence-corrected chi connectivity index (χ3v) is 3.56. The van der Waals surface area contributed by atoms with E-state index in [1.54, 1.807) is 31.2 Å². The molecule has 0 heterocycles. The first kappa shape index (κ1) is 17.0. The molecular weight excluding hydrogens is 296 g/mol. The summed E-state index contributed by atoms with van der Waals surface area (Å²) in [7, 11) is 0. The zero-order valence-electron chi connectivity index (χ0n) is 13.6. The standard InChI is InChI=1S/C17H22N2O4/c1-4-23-17(22)11-5-7-12(8-6-11)19-16(21)14-9-13(14)15(20)18-10(2)3/h5-8,10,13-14H,4,9H2,1-3H3,(H,18,20)(H,19,21). The minimum Gasteiger partial charge on any atom is -0.462 e. The summed E-state index contributed by atoms with van der Waals surface area (Å²) in [6.45, 7) is 5.84. The highest BCUT2D eigenvalue weighted by Crippen LogP contribution is 2.39. The van der Waals surface area contributed by atoms with Crippen molar-refractivity contribution in [1.82, 2.24) is 5.32 Å². The van der Waals surface area contributed by atoms with Gasteiger partial charge in [0, 0.05) is 11.7 Å². The van der Waals surface area contributed by atoms with Crippen molar-refractivity contribution < 1.29 is 19.1 Å². The number of benzene rings is 1. The number of hydrogen-bond acceptors (Lipinski definition) is 4. The highest BCUT2D eigenvalue weighted by atomic mass is 16.5. The van der Waals surface area contributed by atoms with E-state index in [4.69, 9.17) is 4.74 Å². The first-order valence-corrected chi connectivity index (χ1v) is 7.80. The average Bonchev–Trinajstić information content (AvgIpc) is 3.28. The van der Waals surface area contributed by atoms with E-state index < -0.39 is 5.97 Å². The van der Waals surface area contributed by atoms with Gasteiger partial charge in [0.1, 0.15) is 0 Å². The van der Waals surface area contributed by atoms with Crippen molar-refractivity contribution in [3.8, 4) is 0 Å². The molecule has 1 saturated carbocycles. The molecule has 0 aromatic heterocycles. The van der Waals surface area contributed by atoms with E-state index in [1.807, 2.05) is 13.8 Å². The Labute approximate surface area is 135 Å². The lowest BCUT2D eigenvalue weighted by atomic mass is 10.2. The molecule has 1 aromatic carbocycles. The summed E-state index contributed by atoms with van der Waals surface area (Å²) < 4.78 is 4.90. The van der Waals surface area contributed by atoms with Crippen LogP contribution in [0.2, 0.25) is 0 Å². The van der Waals surface area contributed by atoms with Crippen LogP contribution in [0.5, 0.6) is 0 Å². The SMILES string of the molecule is CCOC(=O)c1ccc(NC(=O)C2CC2C(=O)NC(C)C)cc1. The number of nitrogens with one attached hydrogen (secondary N) is 2. The first-order chi connectivity index (χ1) is 10.9. The third-order valence-electron chi connectivity index (χ3n) is 3.56. The topological polar surface area (TPSA) is 84.5 Å². The van der Waals surface area contributed by atoms with Gasteiger partial charge in [0.2, 0.25) is 11.8 Å². The summed E-state index contributed by atoms with van der Waals surface area (Å²) in [6, 6.07) is 6.57. The highest BCUT2D eigenvalue weighted by molar-refractivity contribution is 6.00. The molecule has 2 atom stereocenters. The van der Waals surface area contributed by atoms with E-state index in [2.05, 4.69) is 10.6 Å². The van der Waals surface area contributed by atoms with Gasteiger partial charge in [-0.05, 0) is 51.5 Å². The molecule has 6 heteroatoms. The fourth-order valence-electron chi connectivity index (χ4n) is 2.31. The van der Waals surface area contributed by atoms with Crippen molar-refractivity contribution in [2.75, 3.05) is 11.9 Å². The number of carbonyl (C=O) groups excluding carboxylic acids is 3. The van der Waals surface area contributed by atoms with E-state index >= 15 is 0 Å². The quantitative estimate of drug-likeness (QED) is 0.785. The second kappa shape index (κ2) is 7.26. The molecule has 124 valence electrons. The number of rotatable bonds is 6. The van der Waals surface area contributed by atoms with E-state index in [1.165, 1.54) is 0 Å². The molecule has 6 nitrogen and oxygen atoms in total. The summed E-state index contributed by atoms with van der Waals surface area (Å²) in [5.74, 6) is -1.15. The van der Waals surface area contributed by atoms with Crippen LogP contribution in [0.1, 0.15) is 37.6 Å². The fraction of sp³-hybridized carbons (Fsp3) is 0.471. The largest absolute Gasteiger partial charge is 0.462 e. The lowest BCUT2D eigenvalue weighted by Crippen LogP contribution is -2.32. The molecule has 2 unspecified atom stereocenters. The van der Waals surface area contributed by atoms with Crippen LogP contribution >= 0.6 is 0 Å². The first-order valence-electron chi connectivity index (χ1n) is 7.80. The molecule has 1 aliphatic rings. The molecular formula is C17H22N2O4. The van der Waals surface area contributed by atoms with Crippen LogP contribution in [0, 0.1) is 11.8 Å². The molecule has 1 aliphatic carbocycles. The molecule has 0 spiro atoms. The molecule has 0 saturated heterocycles. The van der Waals surface area contributed by atoms with Gasteiger partial charge in [-0.15, -0.1) is 0 Å². The highest BCUT2D eigenvalue weighted by Gasteiger charge is 2.48. The molecule has 0 aliphatic heterocycles. The monoisotopic (exact) mass is 318 g/mol. The number of hydrogen-bond donors (Lipinski definition) is 2. The van der Waals surface area contributed by atoms with E-state index in [9.17, 15) is 14.4 Å². The molecule has 2 amide bonds. The Bertz CT molecular complexity index is 595. The summed E-state index contributed by atoms with van der Waals surface area (Å²) in [4.78, 5) is 35.5. The molecule has 2 N–H and O–H groups in total. The normalized spacial score (nSPS) is 19.1. The van der Waals surface area contributed by atoms with Gasteiger partial charge in [0.05, 0.1) is 24.0 Å². The minimum atomic E-state index is -0.391. The zero-order chi connectivity index (χ0) is 17.0. The summed E-state index contributed by atoms with van der Waals surface area (Å²) in [5.41, 5.74) is 1.03. The van der Waals surface area contributed by atoms with Crippen molar-refractivity contribution in [2.45, 2.75) is 33.2 Å². The Kier molecular flexibility index (Phi) is 5.36. The van der Waals surface area contributed by atoms with Crippen LogP contribution in [-0.4, -0.2) is 30.4 Å².